The molecule has 1 atom stereocenters. The van der Waals surface area contributed by atoms with Crippen LogP contribution in [0.1, 0.15) is 12.5 Å². The third kappa shape index (κ3) is 5.54. The van der Waals surface area contributed by atoms with Crippen LogP contribution in [-0.2, 0) is 19.1 Å². The molecule has 0 radical (unpaired) electrons. The number of thioether (sulfide) groups is 1. The number of para-hydroxylation sites is 1. The second kappa shape index (κ2) is 10.8. The lowest BCUT2D eigenvalue weighted by Crippen LogP contribution is -2.42. The molecule has 1 aliphatic heterocycles. The number of amides is 3. The SMILES string of the molecule is COC(=O)C(C)N1C(=O)S/C(=C\c2cccc(OC)c2OCC(=O)Nc2ccc(F)cc2)C1=O. The van der Waals surface area contributed by atoms with Crippen molar-refractivity contribution in [3.63, 3.8) is 0 Å². The van der Waals surface area contributed by atoms with E-state index < -0.39 is 41.5 Å². The molecule has 1 unspecified atom stereocenters. The molecule has 0 spiro atoms. The van der Waals surface area contributed by atoms with Crippen LogP contribution in [-0.4, -0.2) is 54.8 Å². The molecule has 9 nitrogen and oxygen atoms in total. The van der Waals surface area contributed by atoms with E-state index in [-0.39, 0.29) is 10.7 Å². The number of anilines is 1. The number of hydrogen-bond acceptors (Lipinski definition) is 8. The van der Waals surface area contributed by atoms with Gasteiger partial charge < -0.3 is 19.5 Å². The van der Waals surface area contributed by atoms with Gasteiger partial charge >= 0.3 is 5.97 Å². The highest BCUT2D eigenvalue weighted by molar-refractivity contribution is 8.18. The smallest absolute Gasteiger partial charge is 0.328 e. The molecule has 2 aromatic rings. The van der Waals surface area contributed by atoms with Gasteiger partial charge in [0.15, 0.2) is 18.1 Å². The number of esters is 1. The van der Waals surface area contributed by atoms with Crippen molar-refractivity contribution >= 4 is 46.5 Å². The number of methoxy groups -OCH3 is 2. The summed E-state index contributed by atoms with van der Waals surface area (Å²) in [5.74, 6) is -1.84. The Morgan fingerprint density at radius 2 is 1.85 bits per heavy atom. The summed E-state index contributed by atoms with van der Waals surface area (Å²) >= 11 is 0.667. The average Bonchev–Trinajstić information content (AvgIpc) is 3.10. The predicted octanol–water partition coefficient (Wildman–Crippen LogP) is 3.45. The number of rotatable bonds is 8. The second-order valence-corrected chi connectivity index (χ2v) is 7.97. The van der Waals surface area contributed by atoms with Crippen LogP contribution in [0.2, 0.25) is 0 Å². The van der Waals surface area contributed by atoms with E-state index >= 15 is 0 Å². The summed E-state index contributed by atoms with van der Waals surface area (Å²) in [6.45, 7) is 0.990. The maximum absolute atomic E-state index is 13.0. The first-order chi connectivity index (χ1) is 16.2. The van der Waals surface area contributed by atoms with Gasteiger partial charge in [-0.25, -0.2) is 9.18 Å². The topological polar surface area (TPSA) is 111 Å². The molecular weight excluding hydrogens is 467 g/mol. The summed E-state index contributed by atoms with van der Waals surface area (Å²) in [6.07, 6.45) is 1.42. The number of nitrogens with one attached hydrogen (secondary N) is 1. The molecule has 0 aliphatic carbocycles. The third-order valence-electron chi connectivity index (χ3n) is 4.74. The number of hydrogen-bond donors (Lipinski definition) is 1. The molecule has 1 fully saturated rings. The first-order valence-corrected chi connectivity index (χ1v) is 10.8. The van der Waals surface area contributed by atoms with Crippen molar-refractivity contribution in [1.29, 1.82) is 0 Å². The van der Waals surface area contributed by atoms with Crippen LogP contribution in [0.4, 0.5) is 14.9 Å². The van der Waals surface area contributed by atoms with Crippen LogP contribution in [0.15, 0.2) is 47.4 Å². The lowest BCUT2D eigenvalue weighted by atomic mass is 10.1. The molecule has 1 saturated heterocycles. The maximum Gasteiger partial charge on any atom is 0.328 e. The van der Waals surface area contributed by atoms with Gasteiger partial charge in [0, 0.05) is 11.3 Å². The molecule has 0 saturated carbocycles. The van der Waals surface area contributed by atoms with Gasteiger partial charge in [-0.3, -0.25) is 19.3 Å². The molecule has 2 aromatic carbocycles. The Morgan fingerprint density at radius 3 is 2.50 bits per heavy atom. The van der Waals surface area contributed by atoms with Crippen molar-refractivity contribution < 1.29 is 37.8 Å². The first-order valence-electron chi connectivity index (χ1n) is 9.95. The van der Waals surface area contributed by atoms with Crippen molar-refractivity contribution in [1.82, 2.24) is 4.90 Å². The summed E-state index contributed by atoms with van der Waals surface area (Å²) in [5.41, 5.74) is 0.772. The zero-order valence-electron chi connectivity index (χ0n) is 18.5. The maximum atomic E-state index is 13.0. The third-order valence-corrected chi connectivity index (χ3v) is 5.63. The number of benzene rings is 2. The van der Waals surface area contributed by atoms with Gasteiger partial charge in [-0.15, -0.1) is 0 Å². The van der Waals surface area contributed by atoms with E-state index in [4.69, 9.17) is 9.47 Å². The lowest BCUT2D eigenvalue weighted by Gasteiger charge is -2.18. The van der Waals surface area contributed by atoms with Gasteiger partial charge in [-0.2, -0.15) is 0 Å². The van der Waals surface area contributed by atoms with E-state index in [1.54, 1.807) is 18.2 Å². The minimum atomic E-state index is -1.08. The summed E-state index contributed by atoms with van der Waals surface area (Å²) in [7, 11) is 2.58. The standard InChI is InChI=1S/C23H21FN2O7S/c1-13(22(29)32-3)26-21(28)18(34-23(26)30)11-14-5-4-6-17(31-2)20(14)33-12-19(27)25-16-9-7-15(24)8-10-16/h4-11,13H,12H2,1-3H3,(H,25,27)/b18-11-. The average molecular weight is 488 g/mol. The van der Waals surface area contributed by atoms with Crippen molar-refractivity contribution in [3.8, 4) is 11.5 Å². The summed E-state index contributed by atoms with van der Waals surface area (Å²) < 4.78 is 28.6. The molecule has 1 heterocycles. The summed E-state index contributed by atoms with van der Waals surface area (Å²) in [4.78, 5) is 50.1. The van der Waals surface area contributed by atoms with Crippen LogP contribution >= 0.6 is 11.8 Å². The Morgan fingerprint density at radius 1 is 1.15 bits per heavy atom. The zero-order chi connectivity index (χ0) is 24.8. The van der Waals surface area contributed by atoms with Crippen molar-refractivity contribution in [2.75, 3.05) is 26.1 Å². The monoisotopic (exact) mass is 488 g/mol. The molecular formula is C23H21FN2O7S. The number of ether oxygens (including phenoxy) is 3. The Bertz CT molecular complexity index is 1150. The molecule has 0 aromatic heterocycles. The molecule has 0 bridgehead atoms. The molecule has 3 amide bonds. The minimum absolute atomic E-state index is 0.0645. The van der Waals surface area contributed by atoms with E-state index in [0.29, 0.717) is 28.8 Å². The summed E-state index contributed by atoms with van der Waals surface area (Å²) in [5, 5.41) is 1.96. The highest BCUT2D eigenvalue weighted by Gasteiger charge is 2.41. The van der Waals surface area contributed by atoms with Crippen LogP contribution in [0.3, 0.4) is 0 Å². The van der Waals surface area contributed by atoms with Gasteiger partial charge in [0.1, 0.15) is 11.9 Å². The Kier molecular flexibility index (Phi) is 7.90. The number of carbonyl (C=O) groups is 4. The Hall–Kier alpha value is -3.86. The minimum Gasteiger partial charge on any atom is -0.493 e. The van der Waals surface area contributed by atoms with Gasteiger partial charge in [0.05, 0.1) is 19.1 Å². The zero-order valence-corrected chi connectivity index (χ0v) is 19.3. The van der Waals surface area contributed by atoms with Gasteiger partial charge in [0.2, 0.25) is 0 Å². The van der Waals surface area contributed by atoms with E-state index in [1.165, 1.54) is 51.5 Å². The highest BCUT2D eigenvalue weighted by atomic mass is 32.2. The second-order valence-electron chi connectivity index (χ2n) is 6.97. The molecule has 3 rings (SSSR count). The fraction of sp³-hybridized carbons (Fsp3) is 0.217. The van der Waals surface area contributed by atoms with Crippen molar-refractivity contribution in [3.05, 3.63) is 58.8 Å². The fourth-order valence-electron chi connectivity index (χ4n) is 3.06. The van der Waals surface area contributed by atoms with Gasteiger partial charge in [-0.05, 0) is 55.1 Å². The fourth-order valence-corrected chi connectivity index (χ4v) is 3.96. The van der Waals surface area contributed by atoms with Crippen molar-refractivity contribution in [2.24, 2.45) is 0 Å². The number of nitrogens with zero attached hydrogens (tertiary/aromatic N) is 1. The number of halogens is 1. The quantitative estimate of drug-likeness (QED) is 0.444. The molecule has 1 aliphatic rings. The van der Waals surface area contributed by atoms with Crippen molar-refractivity contribution in [2.45, 2.75) is 13.0 Å². The lowest BCUT2D eigenvalue weighted by molar-refractivity contribution is -0.148. The Labute approximate surface area is 198 Å². The summed E-state index contributed by atoms with van der Waals surface area (Å²) in [6, 6.07) is 9.03. The normalized spacial score (nSPS) is 15.3. The van der Waals surface area contributed by atoms with E-state index in [9.17, 15) is 23.6 Å². The van der Waals surface area contributed by atoms with E-state index in [2.05, 4.69) is 10.1 Å². The number of carbonyl (C=O) groups excluding carboxylic acids is 4. The Balaban J connectivity index is 1.80. The molecule has 11 heteroatoms. The number of imide groups is 1. The largest absolute Gasteiger partial charge is 0.493 e. The predicted molar refractivity (Wildman–Crippen MR) is 123 cm³/mol. The van der Waals surface area contributed by atoms with E-state index in [0.717, 1.165) is 4.90 Å². The van der Waals surface area contributed by atoms with Crippen LogP contribution in [0.25, 0.3) is 6.08 Å². The van der Waals surface area contributed by atoms with Gasteiger partial charge in [0.25, 0.3) is 17.1 Å². The van der Waals surface area contributed by atoms with Crippen LogP contribution in [0.5, 0.6) is 11.5 Å². The molecule has 178 valence electrons. The van der Waals surface area contributed by atoms with Crippen LogP contribution in [0, 0.1) is 5.82 Å². The van der Waals surface area contributed by atoms with Gasteiger partial charge in [-0.1, -0.05) is 12.1 Å². The first kappa shape index (κ1) is 24.8. The van der Waals surface area contributed by atoms with Crippen LogP contribution < -0.4 is 14.8 Å². The highest BCUT2D eigenvalue weighted by Crippen LogP contribution is 2.38. The molecule has 1 N–H and O–H groups in total. The molecule has 34 heavy (non-hydrogen) atoms. The van der Waals surface area contributed by atoms with E-state index in [1.807, 2.05) is 0 Å².